The van der Waals surface area contributed by atoms with Crippen LogP contribution >= 0.6 is 0 Å². The summed E-state index contributed by atoms with van der Waals surface area (Å²) in [6.07, 6.45) is 1.79. The molecule has 1 rings (SSSR count). The molecule has 14 heavy (non-hydrogen) atoms. The molecule has 1 fully saturated rings. The molecular formula is C9H16N2O3. The molecule has 0 saturated heterocycles. The Kier molecular flexibility index (Phi) is 3.33. The molecule has 0 radical (unpaired) electrons. The first-order valence-corrected chi connectivity index (χ1v) is 4.80. The van der Waals surface area contributed by atoms with Gasteiger partial charge in [0.2, 0.25) is 0 Å². The summed E-state index contributed by atoms with van der Waals surface area (Å²) in [5.74, 6) is -0.813. The van der Waals surface area contributed by atoms with Gasteiger partial charge < -0.3 is 15.3 Å². The molecule has 1 unspecified atom stereocenters. The van der Waals surface area contributed by atoms with Crippen LogP contribution in [0.1, 0.15) is 19.8 Å². The minimum Gasteiger partial charge on any atom is -0.480 e. The average molecular weight is 200 g/mol. The van der Waals surface area contributed by atoms with E-state index >= 15 is 0 Å². The van der Waals surface area contributed by atoms with Gasteiger partial charge in [-0.25, -0.2) is 9.59 Å². The topological polar surface area (TPSA) is 69.6 Å². The van der Waals surface area contributed by atoms with Crippen LogP contribution in [0.4, 0.5) is 4.79 Å². The van der Waals surface area contributed by atoms with Gasteiger partial charge in [-0.05, 0) is 25.7 Å². The van der Waals surface area contributed by atoms with E-state index in [-0.39, 0.29) is 11.9 Å². The lowest BCUT2D eigenvalue weighted by Crippen LogP contribution is -2.47. The number of carboxylic acid groups (broad SMARTS) is 1. The molecule has 0 aromatic carbocycles. The number of nitrogens with zero attached hydrogens (tertiary/aromatic N) is 1. The first-order valence-electron chi connectivity index (χ1n) is 4.80. The molecule has 1 aliphatic carbocycles. The number of amides is 2. The molecule has 0 spiro atoms. The lowest BCUT2D eigenvalue weighted by Gasteiger charge is -2.19. The summed E-state index contributed by atoms with van der Waals surface area (Å²) < 4.78 is 0. The van der Waals surface area contributed by atoms with Crippen molar-refractivity contribution in [3.63, 3.8) is 0 Å². The molecule has 0 aliphatic heterocycles. The van der Waals surface area contributed by atoms with Gasteiger partial charge in [0.1, 0.15) is 6.04 Å². The predicted octanol–water partition coefficient (Wildman–Crippen LogP) is 0.511. The summed E-state index contributed by atoms with van der Waals surface area (Å²) in [5.41, 5.74) is 0. The zero-order chi connectivity index (χ0) is 10.7. The molecular weight excluding hydrogens is 184 g/mol. The molecule has 0 aromatic rings. The van der Waals surface area contributed by atoms with Crippen LogP contribution in [-0.2, 0) is 4.79 Å². The molecule has 1 aliphatic rings. The summed E-state index contributed by atoms with van der Waals surface area (Å²) in [7, 11) is 1.64. The molecule has 0 aromatic heterocycles. The monoisotopic (exact) mass is 200 g/mol. The van der Waals surface area contributed by atoms with E-state index in [9.17, 15) is 9.59 Å². The summed E-state index contributed by atoms with van der Waals surface area (Å²) in [6, 6.07) is -1.02. The van der Waals surface area contributed by atoms with Crippen LogP contribution in [0.25, 0.3) is 0 Å². The Morgan fingerprint density at radius 3 is 2.50 bits per heavy atom. The van der Waals surface area contributed by atoms with Gasteiger partial charge in [0.15, 0.2) is 0 Å². The number of hydrogen-bond acceptors (Lipinski definition) is 2. The average Bonchev–Trinajstić information content (AvgIpc) is 2.95. The number of carbonyl (C=O) groups excluding carboxylic acids is 1. The van der Waals surface area contributed by atoms with E-state index in [1.165, 1.54) is 4.90 Å². The van der Waals surface area contributed by atoms with E-state index in [0.717, 1.165) is 12.8 Å². The maximum absolute atomic E-state index is 11.4. The molecule has 0 heterocycles. The number of nitrogens with one attached hydrogen (secondary N) is 1. The lowest BCUT2D eigenvalue weighted by molar-refractivity contribution is -0.139. The van der Waals surface area contributed by atoms with Crippen LogP contribution in [0, 0.1) is 5.92 Å². The fourth-order valence-electron chi connectivity index (χ4n) is 1.20. The third kappa shape index (κ3) is 2.61. The Morgan fingerprint density at radius 2 is 2.14 bits per heavy atom. The normalized spacial score (nSPS) is 17.3. The smallest absolute Gasteiger partial charge is 0.326 e. The van der Waals surface area contributed by atoms with Gasteiger partial charge in [0.25, 0.3) is 0 Å². The van der Waals surface area contributed by atoms with Crippen molar-refractivity contribution in [1.29, 1.82) is 0 Å². The third-order valence-corrected chi connectivity index (χ3v) is 2.46. The van der Waals surface area contributed by atoms with E-state index in [1.54, 1.807) is 7.05 Å². The number of rotatable bonds is 4. The van der Waals surface area contributed by atoms with Gasteiger partial charge >= 0.3 is 12.0 Å². The standard InChI is InChI=1S/C9H16N2O3/c1-3-11(2)9(14)10-7(8(12)13)6-4-5-6/h6-7H,3-5H2,1-2H3,(H,10,14)(H,12,13). The molecule has 1 saturated carbocycles. The summed E-state index contributed by atoms with van der Waals surface area (Å²) in [5, 5.41) is 11.4. The van der Waals surface area contributed by atoms with Crippen LogP contribution in [0.15, 0.2) is 0 Å². The van der Waals surface area contributed by atoms with Crippen molar-refractivity contribution < 1.29 is 14.7 Å². The Bertz CT molecular complexity index is 238. The van der Waals surface area contributed by atoms with Crippen LogP contribution < -0.4 is 5.32 Å². The molecule has 5 heteroatoms. The fourth-order valence-corrected chi connectivity index (χ4v) is 1.20. The quantitative estimate of drug-likeness (QED) is 0.694. The highest BCUT2D eigenvalue weighted by Gasteiger charge is 2.37. The van der Waals surface area contributed by atoms with Gasteiger partial charge in [-0.15, -0.1) is 0 Å². The van der Waals surface area contributed by atoms with Crippen molar-refractivity contribution >= 4 is 12.0 Å². The van der Waals surface area contributed by atoms with Crippen molar-refractivity contribution in [2.45, 2.75) is 25.8 Å². The number of carboxylic acids is 1. The molecule has 5 nitrogen and oxygen atoms in total. The second-order valence-corrected chi connectivity index (χ2v) is 3.62. The Morgan fingerprint density at radius 1 is 1.57 bits per heavy atom. The number of aliphatic carboxylic acids is 1. The van der Waals surface area contributed by atoms with E-state index in [0.29, 0.717) is 6.54 Å². The molecule has 0 bridgehead atoms. The summed E-state index contributed by atoms with van der Waals surface area (Å²) >= 11 is 0. The van der Waals surface area contributed by atoms with E-state index in [2.05, 4.69) is 5.32 Å². The van der Waals surface area contributed by atoms with Crippen LogP contribution in [0.3, 0.4) is 0 Å². The van der Waals surface area contributed by atoms with Crippen LogP contribution in [0.2, 0.25) is 0 Å². The van der Waals surface area contributed by atoms with Crippen molar-refractivity contribution in [2.24, 2.45) is 5.92 Å². The third-order valence-electron chi connectivity index (χ3n) is 2.46. The summed E-state index contributed by atoms with van der Waals surface area (Å²) in [6.45, 7) is 2.41. The molecule has 80 valence electrons. The zero-order valence-corrected chi connectivity index (χ0v) is 8.49. The van der Waals surface area contributed by atoms with Gasteiger partial charge in [-0.1, -0.05) is 0 Å². The van der Waals surface area contributed by atoms with E-state index in [1.807, 2.05) is 6.92 Å². The minimum absolute atomic E-state index is 0.127. The highest BCUT2D eigenvalue weighted by Crippen LogP contribution is 2.32. The van der Waals surface area contributed by atoms with Crippen molar-refractivity contribution in [3.05, 3.63) is 0 Å². The predicted molar refractivity (Wildman–Crippen MR) is 51.0 cm³/mol. The second kappa shape index (κ2) is 4.30. The second-order valence-electron chi connectivity index (χ2n) is 3.62. The maximum atomic E-state index is 11.4. The first kappa shape index (κ1) is 10.8. The Hall–Kier alpha value is -1.26. The number of carbonyl (C=O) groups is 2. The molecule has 1 atom stereocenters. The van der Waals surface area contributed by atoms with Gasteiger partial charge in [0.05, 0.1) is 0 Å². The summed E-state index contributed by atoms with van der Waals surface area (Å²) in [4.78, 5) is 23.6. The Labute approximate surface area is 83.1 Å². The van der Waals surface area contributed by atoms with E-state index in [4.69, 9.17) is 5.11 Å². The highest BCUT2D eigenvalue weighted by molar-refractivity contribution is 5.82. The fraction of sp³-hybridized carbons (Fsp3) is 0.778. The largest absolute Gasteiger partial charge is 0.480 e. The zero-order valence-electron chi connectivity index (χ0n) is 8.49. The Balaban J connectivity index is 2.46. The highest BCUT2D eigenvalue weighted by atomic mass is 16.4. The van der Waals surface area contributed by atoms with Crippen molar-refractivity contribution in [1.82, 2.24) is 10.2 Å². The minimum atomic E-state index is -0.939. The van der Waals surface area contributed by atoms with Crippen molar-refractivity contribution in [3.8, 4) is 0 Å². The molecule has 2 amide bonds. The lowest BCUT2D eigenvalue weighted by atomic mass is 10.2. The van der Waals surface area contributed by atoms with Gasteiger partial charge in [-0.2, -0.15) is 0 Å². The first-order chi connectivity index (χ1) is 6.56. The SMILES string of the molecule is CCN(C)C(=O)NC(C(=O)O)C1CC1. The molecule has 2 N–H and O–H groups in total. The van der Waals surface area contributed by atoms with Gasteiger partial charge in [0, 0.05) is 13.6 Å². The van der Waals surface area contributed by atoms with Crippen LogP contribution in [0.5, 0.6) is 0 Å². The maximum Gasteiger partial charge on any atom is 0.326 e. The van der Waals surface area contributed by atoms with E-state index < -0.39 is 12.0 Å². The van der Waals surface area contributed by atoms with Crippen LogP contribution in [-0.4, -0.2) is 41.6 Å². The van der Waals surface area contributed by atoms with Gasteiger partial charge in [-0.3, -0.25) is 0 Å². The van der Waals surface area contributed by atoms with Crippen molar-refractivity contribution in [2.75, 3.05) is 13.6 Å². The number of hydrogen-bond donors (Lipinski definition) is 2. The number of urea groups is 1.